The minimum absolute atomic E-state index is 0.0849. The molecule has 9 heteroatoms. The van der Waals surface area contributed by atoms with E-state index in [1.165, 1.54) is 53.4 Å². The predicted molar refractivity (Wildman–Crippen MR) is 107 cm³/mol. The molecule has 0 unspecified atom stereocenters. The number of amides is 2. The zero-order valence-electron chi connectivity index (χ0n) is 18.3. The average molecular weight is 401 g/mol. The van der Waals surface area contributed by atoms with Crippen LogP contribution in [0.25, 0.3) is 0 Å². The van der Waals surface area contributed by atoms with Crippen molar-refractivity contribution in [3.8, 4) is 5.75 Å². The number of amidine groups is 1. The second-order valence-corrected chi connectivity index (χ2v) is 6.30. The minimum Gasteiger partial charge on any atom is -0.497 e. The Morgan fingerprint density at radius 1 is 1.34 bits per heavy atom. The van der Waals surface area contributed by atoms with Crippen LogP contribution in [-0.4, -0.2) is 55.2 Å². The standard InChI is InChI=1S/C20H22N4O5/c1-28-15-8-6-14(7-9-15)24-10-11-29-17(20(24)27)16(25)19(26)23-13-4-2-12(3-5-13)18(21)22/h2-9,16-17,25H,10-11H2,1H3,(H3,21,22)(H,23,26)/t16-,17-/m1/s1/i1D3. The van der Waals surface area contributed by atoms with Gasteiger partial charge >= 0.3 is 0 Å². The number of nitrogens with one attached hydrogen (secondary N) is 2. The number of hydrogen-bond donors (Lipinski definition) is 4. The van der Waals surface area contributed by atoms with Crippen molar-refractivity contribution in [2.45, 2.75) is 12.2 Å². The van der Waals surface area contributed by atoms with Crippen LogP contribution in [0.2, 0.25) is 0 Å². The lowest BCUT2D eigenvalue weighted by Crippen LogP contribution is -2.55. The molecule has 2 amide bonds. The molecule has 0 radical (unpaired) electrons. The molecule has 5 N–H and O–H groups in total. The topological polar surface area (TPSA) is 138 Å². The Morgan fingerprint density at radius 3 is 2.66 bits per heavy atom. The third-order valence-corrected chi connectivity index (χ3v) is 4.41. The van der Waals surface area contributed by atoms with Gasteiger partial charge in [0.1, 0.15) is 11.6 Å². The fraction of sp³-hybridized carbons (Fsp3) is 0.250. The smallest absolute Gasteiger partial charge is 0.259 e. The molecule has 0 bridgehead atoms. The highest BCUT2D eigenvalue weighted by molar-refractivity contribution is 6.04. The summed E-state index contributed by atoms with van der Waals surface area (Å²) in [4.78, 5) is 26.6. The Labute approximate surface area is 171 Å². The van der Waals surface area contributed by atoms with Gasteiger partial charge < -0.3 is 30.5 Å². The molecule has 1 aliphatic heterocycles. The molecule has 2 aromatic rings. The number of nitrogens with two attached hydrogens (primary N) is 1. The van der Waals surface area contributed by atoms with E-state index in [4.69, 9.17) is 24.7 Å². The van der Waals surface area contributed by atoms with Crippen LogP contribution in [0.4, 0.5) is 11.4 Å². The van der Waals surface area contributed by atoms with Gasteiger partial charge in [0, 0.05) is 23.5 Å². The van der Waals surface area contributed by atoms with E-state index in [-0.39, 0.29) is 24.7 Å². The number of aliphatic hydroxyl groups is 1. The first-order valence-electron chi connectivity index (χ1n) is 10.2. The number of nitrogen functional groups attached to an aromatic ring is 1. The average Bonchev–Trinajstić information content (AvgIpc) is 2.73. The van der Waals surface area contributed by atoms with Gasteiger partial charge in [-0.15, -0.1) is 0 Å². The monoisotopic (exact) mass is 401 g/mol. The molecule has 1 heterocycles. The number of benzene rings is 2. The summed E-state index contributed by atoms with van der Waals surface area (Å²) in [6.45, 7) is 0.275. The summed E-state index contributed by atoms with van der Waals surface area (Å²) >= 11 is 0. The summed E-state index contributed by atoms with van der Waals surface area (Å²) in [7, 11) is -2.59. The first-order valence-corrected chi connectivity index (χ1v) is 8.70. The minimum atomic E-state index is -2.59. The number of morpholine rings is 1. The number of anilines is 2. The third-order valence-electron chi connectivity index (χ3n) is 4.41. The Hall–Kier alpha value is -3.43. The molecule has 29 heavy (non-hydrogen) atoms. The first-order chi connectivity index (χ1) is 15.0. The third kappa shape index (κ3) is 4.53. The molecule has 3 rings (SSSR count). The van der Waals surface area contributed by atoms with Gasteiger partial charge in [0.05, 0.1) is 17.8 Å². The predicted octanol–water partition coefficient (Wildman–Crippen LogP) is 0.711. The number of aliphatic hydroxyl groups excluding tert-OH is 1. The van der Waals surface area contributed by atoms with Crippen molar-refractivity contribution in [1.29, 1.82) is 5.41 Å². The maximum absolute atomic E-state index is 12.9. The van der Waals surface area contributed by atoms with Crippen LogP contribution < -0.4 is 20.7 Å². The van der Waals surface area contributed by atoms with Gasteiger partial charge in [-0.25, -0.2) is 0 Å². The van der Waals surface area contributed by atoms with E-state index in [9.17, 15) is 14.7 Å². The van der Waals surface area contributed by atoms with Crippen molar-refractivity contribution in [3.05, 3.63) is 54.1 Å². The zero-order chi connectivity index (χ0) is 23.5. The maximum Gasteiger partial charge on any atom is 0.259 e. The highest BCUT2D eigenvalue weighted by Crippen LogP contribution is 2.23. The SMILES string of the molecule is [2H]C([2H])([2H])Oc1ccc(N2CCO[C@H]([C@@H](O)C(=O)Nc3ccc(C(=N)N)cc3)C2=O)cc1. The van der Waals surface area contributed by atoms with E-state index in [2.05, 4.69) is 5.32 Å². The van der Waals surface area contributed by atoms with Crippen molar-refractivity contribution in [3.63, 3.8) is 0 Å². The lowest BCUT2D eigenvalue weighted by atomic mass is 10.1. The normalized spacial score (nSPS) is 19.5. The van der Waals surface area contributed by atoms with Gasteiger partial charge in [0.15, 0.2) is 12.2 Å². The molecule has 2 atom stereocenters. The van der Waals surface area contributed by atoms with Gasteiger partial charge in [-0.3, -0.25) is 15.0 Å². The number of rotatable bonds is 6. The Bertz CT molecular complexity index is 996. The molecule has 1 saturated heterocycles. The van der Waals surface area contributed by atoms with Crippen LogP contribution in [0, 0.1) is 5.41 Å². The fourth-order valence-corrected chi connectivity index (χ4v) is 2.87. The van der Waals surface area contributed by atoms with Gasteiger partial charge in [-0.05, 0) is 48.5 Å². The highest BCUT2D eigenvalue weighted by atomic mass is 16.5. The van der Waals surface area contributed by atoms with Gasteiger partial charge in [0.2, 0.25) is 0 Å². The first kappa shape index (κ1) is 16.5. The molecular formula is C20H22N4O5. The fourth-order valence-electron chi connectivity index (χ4n) is 2.87. The highest BCUT2D eigenvalue weighted by Gasteiger charge is 2.39. The molecular weight excluding hydrogens is 376 g/mol. The summed E-state index contributed by atoms with van der Waals surface area (Å²) in [6, 6.07) is 11.9. The van der Waals surface area contributed by atoms with Crippen LogP contribution in [0.3, 0.4) is 0 Å². The molecule has 0 aliphatic carbocycles. The van der Waals surface area contributed by atoms with E-state index in [0.717, 1.165) is 0 Å². The van der Waals surface area contributed by atoms with Crippen LogP contribution in [0.5, 0.6) is 5.75 Å². The van der Waals surface area contributed by atoms with E-state index in [1.807, 2.05) is 0 Å². The molecule has 1 aliphatic rings. The van der Waals surface area contributed by atoms with Gasteiger partial charge in [-0.1, -0.05) is 0 Å². The van der Waals surface area contributed by atoms with Crippen LogP contribution in [0.1, 0.15) is 9.68 Å². The molecule has 0 saturated carbocycles. The molecule has 0 aromatic heterocycles. The summed E-state index contributed by atoms with van der Waals surface area (Å²) in [6.07, 6.45) is -3.19. The number of methoxy groups -OCH3 is 1. The van der Waals surface area contributed by atoms with E-state index >= 15 is 0 Å². The Balaban J connectivity index is 1.67. The molecule has 1 fully saturated rings. The van der Waals surface area contributed by atoms with Crippen molar-refractivity contribution >= 4 is 29.0 Å². The number of carbonyl (C=O) groups excluding carboxylic acids is 2. The summed E-state index contributed by atoms with van der Waals surface area (Å²) in [5, 5.41) is 20.3. The summed E-state index contributed by atoms with van der Waals surface area (Å²) in [5.41, 5.74) is 6.65. The Morgan fingerprint density at radius 2 is 2.03 bits per heavy atom. The number of carbonyl (C=O) groups is 2. The van der Waals surface area contributed by atoms with Gasteiger partial charge in [-0.2, -0.15) is 0 Å². The van der Waals surface area contributed by atoms with Crippen molar-refractivity contribution in [1.82, 2.24) is 0 Å². The summed E-state index contributed by atoms with van der Waals surface area (Å²) in [5.74, 6) is -1.46. The number of nitrogens with zero attached hydrogens (tertiary/aromatic N) is 1. The largest absolute Gasteiger partial charge is 0.497 e. The second kappa shape index (κ2) is 8.72. The van der Waals surface area contributed by atoms with Crippen molar-refractivity contribution in [2.75, 3.05) is 30.4 Å². The van der Waals surface area contributed by atoms with Crippen LogP contribution in [-0.2, 0) is 14.3 Å². The zero-order valence-corrected chi connectivity index (χ0v) is 15.3. The van der Waals surface area contributed by atoms with Crippen molar-refractivity contribution < 1.29 is 28.3 Å². The van der Waals surface area contributed by atoms with Crippen LogP contribution >= 0.6 is 0 Å². The molecule has 9 nitrogen and oxygen atoms in total. The number of ether oxygens (including phenoxy) is 2. The van der Waals surface area contributed by atoms with E-state index < -0.39 is 31.1 Å². The van der Waals surface area contributed by atoms with E-state index in [1.54, 1.807) is 0 Å². The Kier molecular flexibility index (Phi) is 4.97. The van der Waals surface area contributed by atoms with Gasteiger partial charge in [0.25, 0.3) is 11.8 Å². The van der Waals surface area contributed by atoms with E-state index in [0.29, 0.717) is 16.9 Å². The van der Waals surface area contributed by atoms with Crippen LogP contribution in [0.15, 0.2) is 48.5 Å². The molecule has 0 spiro atoms. The van der Waals surface area contributed by atoms with Crippen molar-refractivity contribution in [2.24, 2.45) is 5.73 Å². The summed E-state index contributed by atoms with van der Waals surface area (Å²) < 4.78 is 31.5. The lowest BCUT2D eigenvalue weighted by Gasteiger charge is -2.34. The number of hydrogen-bond acceptors (Lipinski definition) is 6. The lowest BCUT2D eigenvalue weighted by molar-refractivity contribution is -0.150. The second-order valence-electron chi connectivity index (χ2n) is 6.30. The molecule has 2 aromatic carbocycles. The molecule has 152 valence electrons. The quantitative estimate of drug-likeness (QED) is 0.415. The maximum atomic E-state index is 12.9.